The first kappa shape index (κ1) is 16.8. The van der Waals surface area contributed by atoms with Crippen molar-refractivity contribution >= 4 is 6.08 Å². The molecule has 1 aromatic carbocycles. The third kappa shape index (κ3) is 5.79. The van der Waals surface area contributed by atoms with Crippen LogP contribution in [0.5, 0.6) is 5.75 Å². The molecule has 1 unspecified atom stereocenters. The number of unbranched alkanes of at least 4 members (excludes halogenated alkanes) is 2. The molecule has 0 saturated carbocycles. The van der Waals surface area contributed by atoms with E-state index in [1.54, 1.807) is 0 Å². The Morgan fingerprint density at radius 2 is 1.80 bits per heavy atom. The van der Waals surface area contributed by atoms with Crippen LogP contribution in [0.1, 0.15) is 52.5 Å². The molecule has 0 N–H and O–H groups in total. The van der Waals surface area contributed by atoms with Gasteiger partial charge in [0.05, 0.1) is 6.61 Å². The average Bonchev–Trinajstić information content (AvgIpc) is 2.42. The van der Waals surface area contributed by atoms with E-state index in [4.69, 9.17) is 9.47 Å². The second-order valence-electron chi connectivity index (χ2n) is 6.17. The molecule has 112 valence electrons. The number of ether oxygens (including phenoxy) is 2. The fourth-order valence-corrected chi connectivity index (χ4v) is 1.81. The Morgan fingerprint density at radius 1 is 1.15 bits per heavy atom. The molecule has 0 aliphatic heterocycles. The van der Waals surface area contributed by atoms with Crippen LogP contribution in [0, 0.1) is 5.41 Å². The summed E-state index contributed by atoms with van der Waals surface area (Å²) in [6, 6.07) is 7.93. The fourth-order valence-electron chi connectivity index (χ4n) is 1.81. The largest absolute Gasteiger partial charge is 0.464 e. The van der Waals surface area contributed by atoms with Gasteiger partial charge in [0.2, 0.25) is 6.29 Å². The average molecular weight is 276 g/mol. The molecule has 0 amide bonds. The van der Waals surface area contributed by atoms with Gasteiger partial charge in [-0.1, -0.05) is 65.3 Å². The summed E-state index contributed by atoms with van der Waals surface area (Å²) in [7, 11) is 0. The van der Waals surface area contributed by atoms with E-state index in [-0.39, 0.29) is 11.7 Å². The lowest BCUT2D eigenvalue weighted by Crippen LogP contribution is -2.35. The van der Waals surface area contributed by atoms with Gasteiger partial charge in [0.15, 0.2) is 0 Å². The number of hydrogen-bond donors (Lipinski definition) is 0. The summed E-state index contributed by atoms with van der Waals surface area (Å²) in [6.07, 6.45) is 5.08. The van der Waals surface area contributed by atoms with E-state index in [2.05, 4.69) is 34.3 Å². The molecule has 0 aliphatic carbocycles. The van der Waals surface area contributed by atoms with E-state index in [0.717, 1.165) is 24.3 Å². The van der Waals surface area contributed by atoms with Crippen molar-refractivity contribution in [2.45, 2.75) is 53.2 Å². The van der Waals surface area contributed by atoms with E-state index < -0.39 is 0 Å². The van der Waals surface area contributed by atoms with Gasteiger partial charge in [0.1, 0.15) is 5.75 Å². The fraction of sp³-hybridized carbons (Fsp3) is 0.556. The van der Waals surface area contributed by atoms with Crippen LogP contribution in [0.25, 0.3) is 6.08 Å². The maximum atomic E-state index is 6.00. The summed E-state index contributed by atoms with van der Waals surface area (Å²) in [5, 5.41) is 0. The zero-order valence-corrected chi connectivity index (χ0v) is 13.3. The molecule has 0 aliphatic rings. The van der Waals surface area contributed by atoms with Crippen LogP contribution in [-0.4, -0.2) is 12.9 Å². The Balaban J connectivity index is 2.61. The van der Waals surface area contributed by atoms with Crippen LogP contribution < -0.4 is 4.74 Å². The van der Waals surface area contributed by atoms with Gasteiger partial charge in [-0.2, -0.15) is 0 Å². The summed E-state index contributed by atoms with van der Waals surface area (Å²) in [5.74, 6) is 0.839. The molecule has 0 bridgehead atoms. The zero-order valence-electron chi connectivity index (χ0n) is 13.3. The second kappa shape index (κ2) is 8.11. The molecule has 0 saturated heterocycles. The van der Waals surface area contributed by atoms with E-state index in [9.17, 15) is 0 Å². The van der Waals surface area contributed by atoms with Crippen LogP contribution in [0.4, 0.5) is 0 Å². The van der Waals surface area contributed by atoms with Gasteiger partial charge in [0.25, 0.3) is 0 Å². The summed E-state index contributed by atoms with van der Waals surface area (Å²) in [6.45, 7) is 13.1. The van der Waals surface area contributed by atoms with Crippen molar-refractivity contribution in [2.75, 3.05) is 6.61 Å². The topological polar surface area (TPSA) is 18.5 Å². The van der Waals surface area contributed by atoms with Gasteiger partial charge in [-0.25, -0.2) is 0 Å². The van der Waals surface area contributed by atoms with Crippen molar-refractivity contribution in [3.63, 3.8) is 0 Å². The van der Waals surface area contributed by atoms with E-state index >= 15 is 0 Å². The molecule has 2 nitrogen and oxygen atoms in total. The van der Waals surface area contributed by atoms with E-state index in [1.165, 1.54) is 12.8 Å². The van der Waals surface area contributed by atoms with Gasteiger partial charge in [-0.05, 0) is 24.1 Å². The predicted octanol–water partition coefficient (Wildman–Crippen LogP) is 5.29. The van der Waals surface area contributed by atoms with Crippen molar-refractivity contribution in [2.24, 2.45) is 5.41 Å². The maximum Gasteiger partial charge on any atom is 0.204 e. The van der Waals surface area contributed by atoms with Gasteiger partial charge >= 0.3 is 0 Å². The molecule has 0 fully saturated rings. The number of rotatable bonds is 8. The quantitative estimate of drug-likeness (QED) is 0.474. The lowest BCUT2D eigenvalue weighted by Gasteiger charge is -2.31. The smallest absolute Gasteiger partial charge is 0.204 e. The van der Waals surface area contributed by atoms with Crippen LogP contribution >= 0.6 is 0 Å². The lowest BCUT2D eigenvalue weighted by molar-refractivity contribution is -0.141. The third-order valence-electron chi connectivity index (χ3n) is 3.08. The Hall–Kier alpha value is -1.28. The molecule has 1 rings (SSSR count). The Kier molecular flexibility index (Phi) is 6.80. The van der Waals surface area contributed by atoms with Gasteiger partial charge < -0.3 is 9.47 Å². The minimum atomic E-state index is -0.228. The minimum absolute atomic E-state index is 0.0523. The normalized spacial score (nSPS) is 13.0. The molecule has 0 radical (unpaired) electrons. The SMILES string of the molecule is C=Cc1ccc(OC(OCCCCC)C(C)(C)C)cc1. The Bertz CT molecular complexity index is 387. The van der Waals surface area contributed by atoms with Crippen molar-refractivity contribution in [3.8, 4) is 5.75 Å². The van der Waals surface area contributed by atoms with Gasteiger partial charge in [0, 0.05) is 5.41 Å². The summed E-state index contributed by atoms with van der Waals surface area (Å²) in [5.41, 5.74) is 1.04. The minimum Gasteiger partial charge on any atom is -0.464 e. The molecule has 0 spiro atoms. The zero-order chi connectivity index (χ0) is 15.0. The summed E-state index contributed by atoms with van der Waals surface area (Å²) < 4.78 is 11.9. The summed E-state index contributed by atoms with van der Waals surface area (Å²) in [4.78, 5) is 0. The number of benzene rings is 1. The first-order chi connectivity index (χ1) is 9.47. The lowest BCUT2D eigenvalue weighted by atomic mass is 9.96. The van der Waals surface area contributed by atoms with E-state index in [1.807, 2.05) is 30.3 Å². The highest BCUT2D eigenvalue weighted by atomic mass is 16.7. The number of hydrogen-bond acceptors (Lipinski definition) is 2. The molecule has 2 heteroatoms. The third-order valence-corrected chi connectivity index (χ3v) is 3.08. The predicted molar refractivity (Wildman–Crippen MR) is 85.9 cm³/mol. The molecular weight excluding hydrogens is 248 g/mol. The van der Waals surface area contributed by atoms with Crippen molar-refractivity contribution in [1.82, 2.24) is 0 Å². The Morgan fingerprint density at radius 3 is 2.30 bits per heavy atom. The Labute approximate surface area is 123 Å². The van der Waals surface area contributed by atoms with Crippen molar-refractivity contribution in [1.29, 1.82) is 0 Å². The van der Waals surface area contributed by atoms with Crippen molar-refractivity contribution < 1.29 is 9.47 Å². The van der Waals surface area contributed by atoms with Crippen LogP contribution in [0.3, 0.4) is 0 Å². The van der Waals surface area contributed by atoms with Crippen LogP contribution in [0.15, 0.2) is 30.8 Å². The molecule has 0 aromatic heterocycles. The van der Waals surface area contributed by atoms with Gasteiger partial charge in [-0.3, -0.25) is 0 Å². The highest BCUT2D eigenvalue weighted by molar-refractivity contribution is 5.48. The summed E-state index contributed by atoms with van der Waals surface area (Å²) >= 11 is 0. The highest BCUT2D eigenvalue weighted by Gasteiger charge is 2.27. The van der Waals surface area contributed by atoms with Crippen LogP contribution in [0.2, 0.25) is 0 Å². The molecule has 20 heavy (non-hydrogen) atoms. The van der Waals surface area contributed by atoms with Gasteiger partial charge in [-0.15, -0.1) is 0 Å². The molecule has 1 atom stereocenters. The monoisotopic (exact) mass is 276 g/mol. The molecular formula is C18H28O2. The second-order valence-corrected chi connectivity index (χ2v) is 6.17. The standard InChI is InChI=1S/C18H28O2/c1-6-8-9-14-19-17(18(3,4)5)20-16-12-10-15(7-2)11-13-16/h7,10-13,17H,2,6,8-9,14H2,1,3-5H3. The van der Waals surface area contributed by atoms with Crippen molar-refractivity contribution in [3.05, 3.63) is 36.4 Å². The first-order valence-corrected chi connectivity index (χ1v) is 7.48. The first-order valence-electron chi connectivity index (χ1n) is 7.48. The van der Waals surface area contributed by atoms with Crippen LogP contribution in [-0.2, 0) is 4.74 Å². The molecule has 0 heterocycles. The van der Waals surface area contributed by atoms with E-state index in [0.29, 0.717) is 0 Å². The molecule has 1 aromatic rings. The maximum absolute atomic E-state index is 6.00. The highest BCUT2D eigenvalue weighted by Crippen LogP contribution is 2.26.